The molecule has 4 aliphatic rings. The van der Waals surface area contributed by atoms with Gasteiger partial charge in [0.2, 0.25) is 11.8 Å². The van der Waals surface area contributed by atoms with Crippen LogP contribution in [0.2, 0.25) is 0 Å². The lowest BCUT2D eigenvalue weighted by atomic mass is 9.87. The van der Waals surface area contributed by atoms with E-state index in [4.69, 9.17) is 0 Å². The Morgan fingerprint density at radius 1 is 1.08 bits per heavy atom. The van der Waals surface area contributed by atoms with E-state index in [1.165, 1.54) is 23.2 Å². The lowest BCUT2D eigenvalue weighted by Gasteiger charge is -2.55. The number of nitrogens with zero attached hydrogens (tertiary/aromatic N) is 2. The summed E-state index contributed by atoms with van der Waals surface area (Å²) in [6.07, 6.45) is 2.36. The highest BCUT2D eigenvalue weighted by atomic mass is 16.2. The molecule has 24 heavy (non-hydrogen) atoms. The molecule has 6 heteroatoms. The van der Waals surface area contributed by atoms with Gasteiger partial charge in [-0.1, -0.05) is 12.1 Å². The molecule has 1 aromatic rings. The number of rotatable bonds is 2. The second-order valence-corrected chi connectivity index (χ2v) is 7.40. The fourth-order valence-electron chi connectivity index (χ4n) is 4.80. The number of nitrogens with one attached hydrogen (secondary N) is 2. The molecule has 4 heterocycles. The number of fused-ring (bicyclic) bond motifs is 3. The van der Waals surface area contributed by atoms with Crippen molar-refractivity contribution in [3.63, 3.8) is 0 Å². The minimum atomic E-state index is -0.180. The number of anilines is 1. The maximum atomic E-state index is 12.2. The van der Waals surface area contributed by atoms with Gasteiger partial charge in [-0.2, -0.15) is 0 Å². The van der Waals surface area contributed by atoms with Crippen molar-refractivity contribution in [3.8, 4) is 0 Å². The van der Waals surface area contributed by atoms with Gasteiger partial charge >= 0.3 is 0 Å². The molecule has 4 aliphatic heterocycles. The molecule has 0 saturated carbocycles. The Morgan fingerprint density at radius 3 is 2.67 bits per heavy atom. The average Bonchev–Trinajstić information content (AvgIpc) is 3.00. The predicted molar refractivity (Wildman–Crippen MR) is 89.4 cm³/mol. The summed E-state index contributed by atoms with van der Waals surface area (Å²) in [7, 11) is 0. The summed E-state index contributed by atoms with van der Waals surface area (Å²) in [6.45, 7) is 3.74. The van der Waals surface area contributed by atoms with Crippen LogP contribution in [0.3, 0.4) is 0 Å². The first kappa shape index (κ1) is 14.4. The Labute approximate surface area is 141 Å². The van der Waals surface area contributed by atoms with E-state index >= 15 is 0 Å². The van der Waals surface area contributed by atoms with Crippen molar-refractivity contribution in [2.45, 2.75) is 50.5 Å². The molecule has 3 fully saturated rings. The second kappa shape index (κ2) is 5.29. The molecule has 3 atom stereocenters. The quantitative estimate of drug-likeness (QED) is 0.768. The molecule has 2 amide bonds. The topological polar surface area (TPSA) is 64.7 Å². The number of benzene rings is 1. The van der Waals surface area contributed by atoms with Crippen LogP contribution in [0.4, 0.5) is 5.69 Å². The van der Waals surface area contributed by atoms with Crippen molar-refractivity contribution < 1.29 is 9.59 Å². The van der Waals surface area contributed by atoms with E-state index in [2.05, 4.69) is 38.6 Å². The van der Waals surface area contributed by atoms with Crippen LogP contribution in [-0.4, -0.2) is 47.9 Å². The summed E-state index contributed by atoms with van der Waals surface area (Å²) in [6, 6.07) is 7.60. The van der Waals surface area contributed by atoms with Crippen molar-refractivity contribution in [2.75, 3.05) is 18.0 Å². The number of amides is 2. The standard InChI is InChI=1S/C18H22N4O2/c23-17-5-4-16(18(24)20-17)21-9-11-2-1-3-15(14(11)10-21)22-12-6-13(22)8-19-7-12/h1-3,12-13,16,19H,4-10H2,(H,20,23,24). The number of hydrogen-bond acceptors (Lipinski definition) is 5. The molecule has 3 saturated heterocycles. The first-order chi connectivity index (χ1) is 11.7. The highest BCUT2D eigenvalue weighted by Gasteiger charge is 2.43. The van der Waals surface area contributed by atoms with E-state index in [0.29, 0.717) is 24.9 Å². The highest BCUT2D eigenvalue weighted by Crippen LogP contribution is 2.40. The van der Waals surface area contributed by atoms with Crippen molar-refractivity contribution in [1.82, 2.24) is 15.5 Å². The SMILES string of the molecule is O=C1CCC(N2Cc3cccc(N4C5CNCC4C5)c3C2)C(=O)N1. The molecule has 0 aromatic heterocycles. The predicted octanol–water partition coefficient (Wildman–Crippen LogP) is 0.358. The third-order valence-corrected chi connectivity index (χ3v) is 6.00. The monoisotopic (exact) mass is 326 g/mol. The van der Waals surface area contributed by atoms with Gasteiger partial charge in [-0.15, -0.1) is 0 Å². The number of piperidine rings is 2. The number of piperazine rings is 1. The maximum Gasteiger partial charge on any atom is 0.243 e. The van der Waals surface area contributed by atoms with Gasteiger partial charge in [0.1, 0.15) is 0 Å². The molecule has 2 N–H and O–H groups in total. The fraction of sp³-hybridized carbons (Fsp3) is 0.556. The third kappa shape index (κ3) is 2.09. The van der Waals surface area contributed by atoms with Gasteiger partial charge in [-0.25, -0.2) is 0 Å². The molecule has 126 valence electrons. The summed E-state index contributed by atoms with van der Waals surface area (Å²) < 4.78 is 0. The molecular formula is C18H22N4O2. The van der Waals surface area contributed by atoms with Gasteiger partial charge in [-0.3, -0.25) is 19.8 Å². The fourth-order valence-corrected chi connectivity index (χ4v) is 4.80. The second-order valence-electron chi connectivity index (χ2n) is 7.40. The molecule has 2 bridgehead atoms. The van der Waals surface area contributed by atoms with Crippen LogP contribution < -0.4 is 15.5 Å². The molecule has 1 aromatic carbocycles. The zero-order valence-corrected chi connectivity index (χ0v) is 13.6. The van der Waals surface area contributed by atoms with Crippen molar-refractivity contribution in [1.29, 1.82) is 0 Å². The third-order valence-electron chi connectivity index (χ3n) is 6.00. The Bertz CT molecular complexity index is 705. The Hall–Kier alpha value is -1.92. The lowest BCUT2D eigenvalue weighted by Crippen LogP contribution is -2.68. The molecular weight excluding hydrogens is 304 g/mol. The van der Waals surface area contributed by atoms with Crippen LogP contribution in [-0.2, 0) is 22.7 Å². The van der Waals surface area contributed by atoms with Gasteiger partial charge < -0.3 is 10.2 Å². The minimum absolute atomic E-state index is 0.134. The lowest BCUT2D eigenvalue weighted by molar-refractivity contribution is -0.137. The van der Waals surface area contributed by atoms with Crippen LogP contribution in [0.1, 0.15) is 30.4 Å². The Balaban J connectivity index is 1.40. The van der Waals surface area contributed by atoms with Crippen molar-refractivity contribution in [2.24, 2.45) is 0 Å². The van der Waals surface area contributed by atoms with E-state index < -0.39 is 0 Å². The molecule has 0 radical (unpaired) electrons. The van der Waals surface area contributed by atoms with E-state index in [1.807, 2.05) is 0 Å². The largest absolute Gasteiger partial charge is 0.363 e. The number of carbonyl (C=O) groups excluding carboxylic acids is 2. The van der Waals surface area contributed by atoms with Gasteiger partial charge in [0.25, 0.3) is 0 Å². The van der Waals surface area contributed by atoms with Crippen molar-refractivity contribution in [3.05, 3.63) is 29.3 Å². The van der Waals surface area contributed by atoms with Gasteiger partial charge in [0.05, 0.1) is 6.04 Å². The maximum absolute atomic E-state index is 12.2. The van der Waals surface area contributed by atoms with Crippen LogP contribution in [0.15, 0.2) is 18.2 Å². The van der Waals surface area contributed by atoms with Crippen LogP contribution in [0.25, 0.3) is 0 Å². The summed E-state index contributed by atoms with van der Waals surface area (Å²) in [5.74, 6) is -0.278. The highest BCUT2D eigenvalue weighted by molar-refractivity contribution is 6.00. The van der Waals surface area contributed by atoms with Gasteiger partial charge in [0, 0.05) is 50.4 Å². The summed E-state index contributed by atoms with van der Waals surface area (Å²) in [4.78, 5) is 28.4. The number of carbonyl (C=O) groups is 2. The Morgan fingerprint density at radius 2 is 1.92 bits per heavy atom. The van der Waals surface area contributed by atoms with Gasteiger partial charge in [0.15, 0.2) is 0 Å². The normalized spacial score (nSPS) is 32.3. The van der Waals surface area contributed by atoms with Crippen molar-refractivity contribution >= 4 is 17.5 Å². The zero-order valence-electron chi connectivity index (χ0n) is 13.6. The van der Waals surface area contributed by atoms with Gasteiger partial charge in [-0.05, 0) is 30.0 Å². The van der Waals surface area contributed by atoms with E-state index in [9.17, 15) is 9.59 Å². The first-order valence-electron chi connectivity index (χ1n) is 8.88. The molecule has 5 rings (SSSR count). The smallest absolute Gasteiger partial charge is 0.243 e. The van der Waals surface area contributed by atoms with E-state index in [-0.39, 0.29) is 17.9 Å². The summed E-state index contributed by atoms with van der Waals surface area (Å²) in [5, 5.41) is 5.97. The molecule has 0 aliphatic carbocycles. The van der Waals surface area contributed by atoms with Crippen LogP contribution in [0, 0.1) is 0 Å². The van der Waals surface area contributed by atoms with E-state index in [0.717, 1.165) is 26.2 Å². The van der Waals surface area contributed by atoms with Crippen LogP contribution in [0.5, 0.6) is 0 Å². The Kier molecular flexibility index (Phi) is 3.18. The first-order valence-corrected chi connectivity index (χ1v) is 8.88. The molecule has 6 nitrogen and oxygen atoms in total. The summed E-state index contributed by atoms with van der Waals surface area (Å²) >= 11 is 0. The zero-order chi connectivity index (χ0) is 16.3. The molecule has 3 unspecified atom stereocenters. The minimum Gasteiger partial charge on any atom is -0.363 e. The molecule has 0 spiro atoms. The average molecular weight is 326 g/mol. The number of hydrogen-bond donors (Lipinski definition) is 2. The number of imide groups is 1. The van der Waals surface area contributed by atoms with Crippen LogP contribution >= 0.6 is 0 Å². The van der Waals surface area contributed by atoms with E-state index in [1.54, 1.807) is 0 Å². The summed E-state index contributed by atoms with van der Waals surface area (Å²) in [5.41, 5.74) is 4.05.